The Morgan fingerprint density at radius 3 is 2.57 bits per heavy atom. The third kappa shape index (κ3) is 2.21. The Balaban J connectivity index is 1.60. The number of ether oxygens (including phenoxy) is 2. The monoisotopic (exact) mass is 282 g/mol. The van der Waals surface area contributed by atoms with Crippen molar-refractivity contribution in [2.45, 2.75) is 18.5 Å². The Kier molecular flexibility index (Phi) is 2.97. The second-order valence-electron chi connectivity index (χ2n) is 5.53. The summed E-state index contributed by atoms with van der Waals surface area (Å²) in [5, 5.41) is 3.56. The predicted octanol–water partition coefficient (Wildman–Crippen LogP) is 3.01. The number of hydrogen-bond acceptors (Lipinski definition) is 4. The summed E-state index contributed by atoms with van der Waals surface area (Å²) in [6.07, 6.45) is 0.911. The standard InChI is InChI=1S/C17H18N2O2/c18-14-10-15(13-4-2-1-3-12(13)14)19-11-5-6-16-17(9-11)21-8-7-20-16/h1-6,9,14-15,19H,7-8,10,18H2. The number of fused-ring (bicyclic) bond motifs is 2. The van der Waals surface area contributed by atoms with Gasteiger partial charge in [-0.1, -0.05) is 24.3 Å². The number of nitrogens with two attached hydrogens (primary N) is 1. The molecule has 1 aliphatic heterocycles. The first-order chi connectivity index (χ1) is 10.3. The van der Waals surface area contributed by atoms with Gasteiger partial charge in [-0.15, -0.1) is 0 Å². The van der Waals surface area contributed by atoms with E-state index in [1.165, 1.54) is 11.1 Å². The van der Waals surface area contributed by atoms with Gasteiger partial charge in [-0.25, -0.2) is 0 Å². The summed E-state index contributed by atoms with van der Waals surface area (Å²) in [5.41, 5.74) is 9.79. The highest BCUT2D eigenvalue weighted by Crippen LogP contribution is 2.40. The van der Waals surface area contributed by atoms with Crippen LogP contribution in [0.1, 0.15) is 29.6 Å². The van der Waals surface area contributed by atoms with Crippen molar-refractivity contribution in [1.82, 2.24) is 0 Å². The fourth-order valence-corrected chi connectivity index (χ4v) is 3.14. The summed E-state index contributed by atoms with van der Waals surface area (Å²) in [6.45, 7) is 1.22. The smallest absolute Gasteiger partial charge is 0.163 e. The lowest BCUT2D eigenvalue weighted by Gasteiger charge is -2.21. The van der Waals surface area contributed by atoms with Crippen molar-refractivity contribution in [1.29, 1.82) is 0 Å². The lowest BCUT2D eigenvalue weighted by molar-refractivity contribution is 0.171. The van der Waals surface area contributed by atoms with E-state index in [0.717, 1.165) is 23.6 Å². The molecule has 1 aliphatic carbocycles. The van der Waals surface area contributed by atoms with Gasteiger partial charge in [-0.3, -0.25) is 0 Å². The van der Waals surface area contributed by atoms with Crippen LogP contribution in [-0.4, -0.2) is 13.2 Å². The first-order valence-electron chi connectivity index (χ1n) is 7.32. The Morgan fingerprint density at radius 1 is 0.952 bits per heavy atom. The van der Waals surface area contributed by atoms with Crippen molar-refractivity contribution >= 4 is 5.69 Å². The van der Waals surface area contributed by atoms with E-state index in [9.17, 15) is 0 Å². The lowest BCUT2D eigenvalue weighted by atomic mass is 10.1. The molecule has 2 atom stereocenters. The summed E-state index contributed by atoms with van der Waals surface area (Å²) in [5.74, 6) is 1.62. The van der Waals surface area contributed by atoms with E-state index < -0.39 is 0 Å². The number of anilines is 1. The molecule has 4 nitrogen and oxygen atoms in total. The summed E-state index contributed by atoms with van der Waals surface area (Å²) >= 11 is 0. The molecule has 2 aromatic carbocycles. The van der Waals surface area contributed by atoms with Gasteiger partial charge >= 0.3 is 0 Å². The molecule has 21 heavy (non-hydrogen) atoms. The SMILES string of the molecule is NC1CC(Nc2ccc3c(c2)OCCO3)c2ccccc21. The van der Waals surface area contributed by atoms with Crippen molar-refractivity contribution in [3.05, 3.63) is 53.6 Å². The van der Waals surface area contributed by atoms with Crippen LogP contribution in [0, 0.1) is 0 Å². The molecule has 0 saturated carbocycles. The Hall–Kier alpha value is -2.20. The first-order valence-corrected chi connectivity index (χ1v) is 7.32. The fraction of sp³-hybridized carbons (Fsp3) is 0.294. The van der Waals surface area contributed by atoms with E-state index in [4.69, 9.17) is 15.2 Å². The highest BCUT2D eigenvalue weighted by Gasteiger charge is 2.28. The molecule has 0 radical (unpaired) electrons. The normalized spacial score (nSPS) is 22.7. The molecular formula is C17H18N2O2. The molecule has 4 rings (SSSR count). The molecule has 0 spiro atoms. The van der Waals surface area contributed by atoms with Crippen molar-refractivity contribution in [2.75, 3.05) is 18.5 Å². The topological polar surface area (TPSA) is 56.5 Å². The maximum Gasteiger partial charge on any atom is 0.163 e. The number of hydrogen-bond donors (Lipinski definition) is 2. The highest BCUT2D eigenvalue weighted by atomic mass is 16.6. The van der Waals surface area contributed by atoms with E-state index in [1.54, 1.807) is 0 Å². The molecule has 0 fully saturated rings. The second-order valence-corrected chi connectivity index (χ2v) is 5.53. The fourth-order valence-electron chi connectivity index (χ4n) is 3.14. The van der Waals surface area contributed by atoms with E-state index in [2.05, 4.69) is 23.5 Å². The van der Waals surface area contributed by atoms with Crippen molar-refractivity contribution in [3.63, 3.8) is 0 Å². The maximum atomic E-state index is 6.22. The quantitative estimate of drug-likeness (QED) is 0.889. The van der Waals surface area contributed by atoms with Crippen molar-refractivity contribution in [2.24, 2.45) is 5.73 Å². The van der Waals surface area contributed by atoms with Crippen molar-refractivity contribution in [3.8, 4) is 11.5 Å². The van der Waals surface area contributed by atoms with Gasteiger partial charge in [0.2, 0.25) is 0 Å². The maximum absolute atomic E-state index is 6.22. The first kappa shape index (κ1) is 12.5. The van der Waals surface area contributed by atoms with Crippen LogP contribution in [0.4, 0.5) is 5.69 Å². The van der Waals surface area contributed by atoms with Crippen LogP contribution in [-0.2, 0) is 0 Å². The molecule has 0 aromatic heterocycles. The van der Waals surface area contributed by atoms with Crippen molar-refractivity contribution < 1.29 is 9.47 Å². The molecule has 2 aliphatic rings. The summed E-state index contributed by atoms with van der Waals surface area (Å²) in [4.78, 5) is 0. The van der Waals surface area contributed by atoms with Crippen LogP contribution in [0.15, 0.2) is 42.5 Å². The van der Waals surface area contributed by atoms with Crippen LogP contribution < -0.4 is 20.5 Å². The van der Waals surface area contributed by atoms with Crippen LogP contribution in [0.5, 0.6) is 11.5 Å². The molecule has 0 amide bonds. The van der Waals surface area contributed by atoms with Gasteiger partial charge in [-0.2, -0.15) is 0 Å². The summed E-state index contributed by atoms with van der Waals surface area (Å²) in [6, 6.07) is 14.7. The molecule has 4 heteroatoms. The minimum absolute atomic E-state index is 0.107. The molecule has 0 bridgehead atoms. The summed E-state index contributed by atoms with van der Waals surface area (Å²) in [7, 11) is 0. The zero-order chi connectivity index (χ0) is 14.2. The molecular weight excluding hydrogens is 264 g/mol. The van der Waals surface area contributed by atoms with Gasteiger partial charge in [0.1, 0.15) is 13.2 Å². The van der Waals surface area contributed by atoms with E-state index in [-0.39, 0.29) is 12.1 Å². The second kappa shape index (κ2) is 4.97. The average molecular weight is 282 g/mol. The number of benzene rings is 2. The van der Waals surface area contributed by atoms with E-state index in [1.807, 2.05) is 24.3 Å². The van der Waals surface area contributed by atoms with Gasteiger partial charge in [0, 0.05) is 17.8 Å². The van der Waals surface area contributed by atoms with Gasteiger partial charge < -0.3 is 20.5 Å². The van der Waals surface area contributed by atoms with Crippen LogP contribution in [0.2, 0.25) is 0 Å². The van der Waals surface area contributed by atoms with E-state index >= 15 is 0 Å². The van der Waals surface area contributed by atoms with Crippen LogP contribution in [0.3, 0.4) is 0 Å². The van der Waals surface area contributed by atoms with E-state index in [0.29, 0.717) is 13.2 Å². The Labute approximate surface area is 123 Å². The Morgan fingerprint density at radius 2 is 1.71 bits per heavy atom. The molecule has 1 heterocycles. The van der Waals surface area contributed by atoms with Gasteiger partial charge in [0.25, 0.3) is 0 Å². The third-order valence-corrected chi connectivity index (χ3v) is 4.14. The van der Waals surface area contributed by atoms with Gasteiger partial charge in [-0.05, 0) is 29.7 Å². The van der Waals surface area contributed by atoms with Crippen LogP contribution >= 0.6 is 0 Å². The molecule has 2 unspecified atom stereocenters. The zero-order valence-corrected chi connectivity index (χ0v) is 11.7. The zero-order valence-electron chi connectivity index (χ0n) is 11.7. The minimum atomic E-state index is 0.107. The Bertz CT molecular complexity index is 672. The predicted molar refractivity (Wildman–Crippen MR) is 81.8 cm³/mol. The summed E-state index contributed by atoms with van der Waals surface area (Å²) < 4.78 is 11.2. The largest absolute Gasteiger partial charge is 0.486 e. The number of nitrogens with one attached hydrogen (secondary N) is 1. The third-order valence-electron chi connectivity index (χ3n) is 4.14. The lowest BCUT2D eigenvalue weighted by Crippen LogP contribution is -2.16. The molecule has 3 N–H and O–H groups in total. The number of rotatable bonds is 2. The average Bonchev–Trinajstić information content (AvgIpc) is 2.84. The van der Waals surface area contributed by atoms with Gasteiger partial charge in [0.05, 0.1) is 6.04 Å². The highest BCUT2D eigenvalue weighted by molar-refractivity contribution is 5.57. The molecule has 0 saturated heterocycles. The minimum Gasteiger partial charge on any atom is -0.486 e. The molecule has 108 valence electrons. The van der Waals surface area contributed by atoms with Crippen LogP contribution in [0.25, 0.3) is 0 Å². The molecule has 2 aromatic rings. The van der Waals surface area contributed by atoms with Gasteiger partial charge in [0.15, 0.2) is 11.5 Å².